The number of fused-ring (bicyclic) bond motifs is 1. The summed E-state index contributed by atoms with van der Waals surface area (Å²) in [7, 11) is 0. The van der Waals surface area contributed by atoms with Gasteiger partial charge in [0.1, 0.15) is 17.6 Å². The van der Waals surface area contributed by atoms with E-state index in [0.717, 1.165) is 45.0 Å². The third kappa shape index (κ3) is 3.61. The van der Waals surface area contributed by atoms with Gasteiger partial charge in [-0.15, -0.1) is 0 Å². The molecular weight excluding hydrogens is 426 g/mol. The number of ketones is 1. The molecule has 1 aromatic heterocycles. The van der Waals surface area contributed by atoms with Crippen molar-refractivity contribution in [3.63, 3.8) is 0 Å². The maximum Gasteiger partial charge on any atom is 0.163 e. The fourth-order valence-electron chi connectivity index (χ4n) is 4.99. The van der Waals surface area contributed by atoms with Gasteiger partial charge in [-0.2, -0.15) is 0 Å². The molecular formula is C29H29NO4. The van der Waals surface area contributed by atoms with Crippen molar-refractivity contribution in [3.05, 3.63) is 65.4 Å². The topological polar surface area (TPSA) is 68.7 Å². The standard InChI is InChI=1S/C29H29NO4/c1-16-23(28(17(2)31)34-29(3,4)5)25(19-8-6-7-9-20(19)27(16)32)21-10-11-22-24-18(13-15-33-22)12-14-30-26(21)24/h6-12,14,28,32H,13,15H2,1-5H3/t28-/m1/s1. The SMILES string of the molecule is CC(=O)[C@@H](OC(C)(C)C)c1c(C)c(O)c2ccccc2c1-c1ccc2c3c(ccnc13)CCO2. The highest BCUT2D eigenvalue weighted by Gasteiger charge is 2.32. The minimum absolute atomic E-state index is 0.118. The Hall–Kier alpha value is -3.44. The molecule has 0 aliphatic carbocycles. The lowest BCUT2D eigenvalue weighted by Gasteiger charge is -2.30. The number of carbonyl (C=O) groups is 1. The summed E-state index contributed by atoms with van der Waals surface area (Å²) in [6, 6.07) is 13.8. The molecule has 0 amide bonds. The second-order valence-electron chi connectivity index (χ2n) is 9.93. The molecule has 0 unspecified atom stereocenters. The second kappa shape index (κ2) is 8.10. The van der Waals surface area contributed by atoms with Gasteiger partial charge in [0.2, 0.25) is 0 Å². The number of aromatic hydroxyl groups is 1. The van der Waals surface area contributed by atoms with Crippen LogP contribution in [-0.4, -0.2) is 28.1 Å². The van der Waals surface area contributed by atoms with Gasteiger partial charge in [0, 0.05) is 34.5 Å². The number of pyridine rings is 1. The number of hydrogen-bond acceptors (Lipinski definition) is 5. The second-order valence-corrected chi connectivity index (χ2v) is 9.93. The summed E-state index contributed by atoms with van der Waals surface area (Å²) in [5, 5.41) is 13.8. The van der Waals surface area contributed by atoms with E-state index >= 15 is 0 Å². The molecule has 3 aromatic carbocycles. The van der Waals surface area contributed by atoms with Crippen molar-refractivity contribution >= 4 is 27.5 Å². The largest absolute Gasteiger partial charge is 0.507 e. The summed E-state index contributed by atoms with van der Waals surface area (Å²) < 4.78 is 12.3. The van der Waals surface area contributed by atoms with E-state index in [9.17, 15) is 9.90 Å². The van der Waals surface area contributed by atoms with Crippen LogP contribution in [0.4, 0.5) is 0 Å². The minimum atomic E-state index is -0.840. The average Bonchev–Trinajstić information content (AvgIpc) is 2.80. The molecule has 4 aromatic rings. The third-order valence-electron chi connectivity index (χ3n) is 6.42. The molecule has 1 atom stereocenters. The average molecular weight is 456 g/mol. The van der Waals surface area contributed by atoms with Crippen LogP contribution in [0.2, 0.25) is 0 Å². The van der Waals surface area contributed by atoms with E-state index in [2.05, 4.69) is 0 Å². The quantitative estimate of drug-likeness (QED) is 0.383. The first-order valence-electron chi connectivity index (χ1n) is 11.6. The number of carbonyl (C=O) groups excluding carboxylic acids is 1. The smallest absolute Gasteiger partial charge is 0.163 e. The normalized spacial score (nSPS) is 14.3. The maximum atomic E-state index is 13.0. The zero-order valence-electron chi connectivity index (χ0n) is 20.2. The van der Waals surface area contributed by atoms with Crippen LogP contribution in [0.5, 0.6) is 11.5 Å². The van der Waals surface area contributed by atoms with Crippen LogP contribution < -0.4 is 4.74 Å². The van der Waals surface area contributed by atoms with Gasteiger partial charge in [0.25, 0.3) is 0 Å². The number of ether oxygens (including phenoxy) is 2. The van der Waals surface area contributed by atoms with Crippen LogP contribution in [0.3, 0.4) is 0 Å². The molecule has 1 N–H and O–H groups in total. The van der Waals surface area contributed by atoms with Crippen LogP contribution in [0.15, 0.2) is 48.7 Å². The van der Waals surface area contributed by atoms with Crippen LogP contribution in [0.1, 0.15) is 50.5 Å². The van der Waals surface area contributed by atoms with Crippen molar-refractivity contribution in [2.75, 3.05) is 6.61 Å². The maximum absolute atomic E-state index is 13.0. The summed E-state index contributed by atoms with van der Waals surface area (Å²) in [6.45, 7) is 9.82. The molecule has 5 rings (SSSR count). The summed E-state index contributed by atoms with van der Waals surface area (Å²) >= 11 is 0. The van der Waals surface area contributed by atoms with E-state index in [0.29, 0.717) is 17.7 Å². The van der Waals surface area contributed by atoms with Gasteiger partial charge in [-0.1, -0.05) is 24.3 Å². The van der Waals surface area contributed by atoms with Gasteiger partial charge in [0.05, 0.1) is 17.7 Å². The molecule has 0 saturated carbocycles. The Kier molecular flexibility index (Phi) is 5.33. The molecule has 2 heterocycles. The fraction of sp³-hybridized carbons (Fsp3) is 0.310. The lowest BCUT2D eigenvalue weighted by atomic mass is 9.84. The highest BCUT2D eigenvalue weighted by atomic mass is 16.5. The van der Waals surface area contributed by atoms with Gasteiger partial charge in [-0.3, -0.25) is 9.78 Å². The number of phenols is 1. The molecule has 0 saturated heterocycles. The zero-order chi connectivity index (χ0) is 24.2. The number of nitrogens with zero attached hydrogens (tertiary/aromatic N) is 1. The highest BCUT2D eigenvalue weighted by molar-refractivity contribution is 6.10. The fourth-order valence-corrected chi connectivity index (χ4v) is 4.99. The monoisotopic (exact) mass is 455 g/mol. The Morgan fingerprint density at radius 3 is 2.56 bits per heavy atom. The predicted octanol–water partition coefficient (Wildman–Crippen LogP) is 6.45. The van der Waals surface area contributed by atoms with E-state index in [1.54, 1.807) is 0 Å². The molecule has 174 valence electrons. The predicted molar refractivity (Wildman–Crippen MR) is 135 cm³/mol. The zero-order valence-corrected chi connectivity index (χ0v) is 20.2. The van der Waals surface area contributed by atoms with Gasteiger partial charge >= 0.3 is 0 Å². The lowest BCUT2D eigenvalue weighted by molar-refractivity contribution is -0.138. The number of phenolic OH excluding ortho intramolecular Hbond substituents is 1. The molecule has 5 nitrogen and oxygen atoms in total. The summed E-state index contributed by atoms with van der Waals surface area (Å²) in [4.78, 5) is 17.8. The van der Waals surface area contributed by atoms with Crippen molar-refractivity contribution in [1.29, 1.82) is 0 Å². The summed E-state index contributed by atoms with van der Waals surface area (Å²) in [6.07, 6.45) is 1.81. The molecule has 1 aliphatic heterocycles. The van der Waals surface area contributed by atoms with Crippen molar-refractivity contribution in [2.45, 2.75) is 52.7 Å². The lowest BCUT2D eigenvalue weighted by Crippen LogP contribution is -2.27. The molecule has 0 spiro atoms. The Morgan fingerprint density at radius 1 is 1.12 bits per heavy atom. The van der Waals surface area contributed by atoms with Crippen LogP contribution in [0.25, 0.3) is 32.8 Å². The Morgan fingerprint density at radius 2 is 1.85 bits per heavy atom. The molecule has 0 bridgehead atoms. The van der Waals surface area contributed by atoms with E-state index in [4.69, 9.17) is 14.5 Å². The van der Waals surface area contributed by atoms with E-state index in [1.165, 1.54) is 12.5 Å². The van der Waals surface area contributed by atoms with Crippen molar-refractivity contribution in [2.24, 2.45) is 0 Å². The number of hydrogen-bond donors (Lipinski definition) is 1. The van der Waals surface area contributed by atoms with Gasteiger partial charge in [0.15, 0.2) is 5.78 Å². The van der Waals surface area contributed by atoms with Crippen molar-refractivity contribution in [3.8, 4) is 22.6 Å². The Labute approximate surface area is 199 Å². The van der Waals surface area contributed by atoms with E-state index in [-0.39, 0.29) is 11.5 Å². The molecule has 34 heavy (non-hydrogen) atoms. The van der Waals surface area contributed by atoms with Crippen LogP contribution in [-0.2, 0) is 16.0 Å². The van der Waals surface area contributed by atoms with Crippen LogP contribution >= 0.6 is 0 Å². The van der Waals surface area contributed by atoms with E-state index < -0.39 is 11.7 Å². The number of Topliss-reactive ketones (excluding diaryl/α,β-unsaturated/α-hetero) is 1. The van der Waals surface area contributed by atoms with Crippen molar-refractivity contribution < 1.29 is 19.4 Å². The highest BCUT2D eigenvalue weighted by Crippen LogP contribution is 2.48. The number of rotatable bonds is 4. The number of benzene rings is 3. The van der Waals surface area contributed by atoms with Gasteiger partial charge in [-0.25, -0.2) is 0 Å². The van der Waals surface area contributed by atoms with Gasteiger partial charge in [-0.05, 0) is 74.9 Å². The first kappa shape index (κ1) is 22.4. The first-order valence-corrected chi connectivity index (χ1v) is 11.6. The Bertz CT molecular complexity index is 1440. The molecule has 5 heteroatoms. The first-order chi connectivity index (χ1) is 16.2. The minimum Gasteiger partial charge on any atom is -0.507 e. The van der Waals surface area contributed by atoms with Crippen molar-refractivity contribution in [1.82, 2.24) is 4.98 Å². The third-order valence-corrected chi connectivity index (χ3v) is 6.42. The molecule has 0 radical (unpaired) electrons. The van der Waals surface area contributed by atoms with Gasteiger partial charge < -0.3 is 14.6 Å². The van der Waals surface area contributed by atoms with Crippen LogP contribution in [0, 0.1) is 6.92 Å². The Balaban J connectivity index is 1.94. The number of aromatic nitrogens is 1. The molecule has 1 aliphatic rings. The summed E-state index contributed by atoms with van der Waals surface area (Å²) in [5.41, 5.74) is 4.52. The molecule has 0 fully saturated rings. The van der Waals surface area contributed by atoms with E-state index in [1.807, 2.05) is 76.4 Å². The summed E-state index contributed by atoms with van der Waals surface area (Å²) in [5.74, 6) is 0.869.